The molecule has 1 aromatic heterocycles. The second kappa shape index (κ2) is 8.97. The Morgan fingerprint density at radius 2 is 1.76 bits per heavy atom. The molecular weight excluding hydrogens is 334 g/mol. The number of benzene rings is 1. The Morgan fingerprint density at radius 3 is 2.32 bits per heavy atom. The van der Waals surface area contributed by atoms with Crippen LogP contribution in [0.4, 0.5) is 5.69 Å². The van der Waals surface area contributed by atoms with Gasteiger partial charge in [0.05, 0.1) is 16.8 Å². The summed E-state index contributed by atoms with van der Waals surface area (Å²) in [6.07, 6.45) is 3.49. The molecule has 0 atom stereocenters. The standard InChI is InChI=1S/C19H27N3O2S/c1-4-12-20-13-11-17-7-8-18(14-21-17)22-25(23,24)19-9-5-16(6-10-19)15(2)3/h5-10,14-15,20,22H,4,11-13H2,1-3H3. The molecule has 0 unspecified atom stereocenters. The van der Waals surface area contributed by atoms with Crippen molar-refractivity contribution in [2.45, 2.75) is 44.4 Å². The maximum absolute atomic E-state index is 12.5. The molecular formula is C19H27N3O2S. The lowest BCUT2D eigenvalue weighted by Gasteiger charge is -2.10. The van der Waals surface area contributed by atoms with Gasteiger partial charge in [0.2, 0.25) is 0 Å². The van der Waals surface area contributed by atoms with Crippen LogP contribution in [0.3, 0.4) is 0 Å². The van der Waals surface area contributed by atoms with Crippen molar-refractivity contribution in [1.29, 1.82) is 0 Å². The van der Waals surface area contributed by atoms with Crippen molar-refractivity contribution in [3.05, 3.63) is 53.9 Å². The van der Waals surface area contributed by atoms with Gasteiger partial charge in [0.1, 0.15) is 0 Å². The van der Waals surface area contributed by atoms with E-state index in [1.54, 1.807) is 24.4 Å². The molecule has 2 rings (SSSR count). The first-order valence-corrected chi connectivity index (χ1v) is 10.2. The van der Waals surface area contributed by atoms with E-state index in [1.165, 1.54) is 0 Å². The number of hydrogen-bond acceptors (Lipinski definition) is 4. The molecule has 2 aromatic rings. The summed E-state index contributed by atoms with van der Waals surface area (Å²) in [7, 11) is -3.60. The Hall–Kier alpha value is -1.92. The fourth-order valence-electron chi connectivity index (χ4n) is 2.40. The van der Waals surface area contributed by atoms with Crippen LogP contribution < -0.4 is 10.0 Å². The number of sulfonamides is 1. The van der Waals surface area contributed by atoms with Crippen molar-refractivity contribution in [2.75, 3.05) is 17.8 Å². The third kappa shape index (κ3) is 5.83. The van der Waals surface area contributed by atoms with Crippen LogP contribution in [0.5, 0.6) is 0 Å². The second-order valence-corrected chi connectivity index (χ2v) is 8.05. The number of hydrogen-bond donors (Lipinski definition) is 2. The summed E-state index contributed by atoms with van der Waals surface area (Å²) >= 11 is 0. The lowest BCUT2D eigenvalue weighted by Crippen LogP contribution is -2.18. The van der Waals surface area contributed by atoms with Crippen molar-refractivity contribution >= 4 is 15.7 Å². The number of nitrogens with zero attached hydrogens (tertiary/aromatic N) is 1. The molecule has 0 aliphatic heterocycles. The Morgan fingerprint density at radius 1 is 1.04 bits per heavy atom. The minimum absolute atomic E-state index is 0.254. The number of rotatable bonds is 9. The third-order valence-corrected chi connectivity index (χ3v) is 5.32. The van der Waals surface area contributed by atoms with E-state index in [4.69, 9.17) is 0 Å². The Kier molecular flexibility index (Phi) is 6.96. The molecule has 0 aliphatic carbocycles. The monoisotopic (exact) mass is 361 g/mol. The predicted molar refractivity (Wildman–Crippen MR) is 102 cm³/mol. The lowest BCUT2D eigenvalue weighted by atomic mass is 10.0. The van der Waals surface area contributed by atoms with Crippen LogP contribution in [0.1, 0.15) is 44.4 Å². The molecule has 0 saturated carbocycles. The van der Waals surface area contributed by atoms with Crippen molar-refractivity contribution in [3.63, 3.8) is 0 Å². The van der Waals surface area contributed by atoms with Gasteiger partial charge in [-0.1, -0.05) is 32.9 Å². The summed E-state index contributed by atoms with van der Waals surface area (Å²) in [6.45, 7) is 8.14. The molecule has 6 heteroatoms. The van der Waals surface area contributed by atoms with E-state index in [-0.39, 0.29) is 4.90 Å². The minimum atomic E-state index is -3.60. The summed E-state index contributed by atoms with van der Waals surface area (Å²) in [5, 5.41) is 3.32. The molecule has 136 valence electrons. The second-order valence-electron chi connectivity index (χ2n) is 6.37. The van der Waals surface area contributed by atoms with Crippen LogP contribution in [0.25, 0.3) is 0 Å². The van der Waals surface area contributed by atoms with Gasteiger partial charge in [-0.05, 0) is 48.7 Å². The first-order valence-electron chi connectivity index (χ1n) is 8.71. The quantitative estimate of drug-likeness (QED) is 0.670. The normalized spacial score (nSPS) is 11.7. The van der Waals surface area contributed by atoms with Crippen LogP contribution in [0.15, 0.2) is 47.5 Å². The third-order valence-electron chi connectivity index (χ3n) is 3.92. The highest BCUT2D eigenvalue weighted by atomic mass is 32.2. The molecule has 0 radical (unpaired) electrons. The van der Waals surface area contributed by atoms with Gasteiger partial charge < -0.3 is 5.32 Å². The molecule has 0 bridgehead atoms. The van der Waals surface area contributed by atoms with E-state index >= 15 is 0 Å². The van der Waals surface area contributed by atoms with Gasteiger partial charge in [-0.2, -0.15) is 0 Å². The minimum Gasteiger partial charge on any atom is -0.316 e. The van der Waals surface area contributed by atoms with Crippen LogP contribution in [0, 0.1) is 0 Å². The fraction of sp³-hybridized carbons (Fsp3) is 0.421. The average Bonchev–Trinajstić information content (AvgIpc) is 2.60. The van der Waals surface area contributed by atoms with Crippen molar-refractivity contribution < 1.29 is 8.42 Å². The molecule has 0 fully saturated rings. The van der Waals surface area contributed by atoms with Gasteiger partial charge >= 0.3 is 0 Å². The molecule has 0 spiro atoms. The average molecular weight is 362 g/mol. The van der Waals surface area contributed by atoms with Gasteiger partial charge in [-0.15, -0.1) is 0 Å². The summed E-state index contributed by atoms with van der Waals surface area (Å²) in [5.74, 6) is 0.369. The van der Waals surface area contributed by atoms with Gasteiger partial charge in [-0.3, -0.25) is 9.71 Å². The summed E-state index contributed by atoms with van der Waals surface area (Å²) in [6, 6.07) is 10.6. The highest BCUT2D eigenvalue weighted by Gasteiger charge is 2.14. The lowest BCUT2D eigenvalue weighted by molar-refractivity contribution is 0.601. The number of pyridine rings is 1. The zero-order valence-electron chi connectivity index (χ0n) is 15.1. The molecule has 0 amide bonds. The topological polar surface area (TPSA) is 71.1 Å². The maximum Gasteiger partial charge on any atom is 0.261 e. The SMILES string of the molecule is CCCNCCc1ccc(NS(=O)(=O)c2ccc(C(C)C)cc2)cn1. The van der Waals surface area contributed by atoms with E-state index < -0.39 is 10.0 Å². The molecule has 25 heavy (non-hydrogen) atoms. The van der Waals surface area contributed by atoms with Crippen LogP contribution in [-0.2, 0) is 16.4 Å². The summed E-state index contributed by atoms with van der Waals surface area (Å²) in [5.41, 5.74) is 2.52. The molecule has 2 N–H and O–H groups in total. The smallest absolute Gasteiger partial charge is 0.261 e. The fourth-order valence-corrected chi connectivity index (χ4v) is 3.44. The van der Waals surface area contributed by atoms with Gasteiger partial charge in [-0.25, -0.2) is 8.42 Å². The molecule has 5 nitrogen and oxygen atoms in total. The first kappa shape index (κ1) is 19.4. The van der Waals surface area contributed by atoms with E-state index in [0.717, 1.165) is 37.2 Å². The van der Waals surface area contributed by atoms with Gasteiger partial charge in [0.25, 0.3) is 10.0 Å². The molecule has 0 aliphatic rings. The zero-order chi connectivity index (χ0) is 18.3. The Balaban J connectivity index is 2.00. The molecule has 1 heterocycles. The summed E-state index contributed by atoms with van der Waals surface area (Å²) in [4.78, 5) is 4.58. The van der Waals surface area contributed by atoms with E-state index in [0.29, 0.717) is 11.6 Å². The van der Waals surface area contributed by atoms with Crippen LogP contribution in [-0.4, -0.2) is 26.5 Å². The van der Waals surface area contributed by atoms with Gasteiger partial charge in [0, 0.05) is 18.7 Å². The number of nitrogens with one attached hydrogen (secondary N) is 2. The Labute approximate surface area is 150 Å². The van der Waals surface area contributed by atoms with E-state index in [2.05, 4.69) is 35.8 Å². The highest BCUT2D eigenvalue weighted by Crippen LogP contribution is 2.19. The molecule has 0 saturated heterocycles. The van der Waals surface area contributed by atoms with Crippen molar-refractivity contribution in [1.82, 2.24) is 10.3 Å². The number of aromatic nitrogens is 1. The largest absolute Gasteiger partial charge is 0.316 e. The predicted octanol–water partition coefficient (Wildman–Crippen LogP) is 3.55. The maximum atomic E-state index is 12.5. The van der Waals surface area contributed by atoms with Crippen molar-refractivity contribution in [2.24, 2.45) is 0 Å². The van der Waals surface area contributed by atoms with Crippen molar-refractivity contribution in [3.8, 4) is 0 Å². The molecule has 1 aromatic carbocycles. The first-order chi connectivity index (χ1) is 11.9. The summed E-state index contributed by atoms with van der Waals surface area (Å²) < 4.78 is 27.5. The van der Waals surface area contributed by atoms with E-state index in [1.807, 2.05) is 18.2 Å². The van der Waals surface area contributed by atoms with E-state index in [9.17, 15) is 8.42 Å². The zero-order valence-corrected chi connectivity index (χ0v) is 15.9. The van der Waals surface area contributed by atoms with Crippen LogP contribution in [0.2, 0.25) is 0 Å². The van der Waals surface area contributed by atoms with Gasteiger partial charge in [0.15, 0.2) is 0 Å². The number of anilines is 1. The Bertz CT molecular complexity index is 754. The highest BCUT2D eigenvalue weighted by molar-refractivity contribution is 7.92. The van der Waals surface area contributed by atoms with Crippen LogP contribution >= 0.6 is 0 Å².